The molecular formula is C16H12Cl2N2O3S. The van der Waals surface area contributed by atoms with Crippen LogP contribution in [0.3, 0.4) is 0 Å². The van der Waals surface area contributed by atoms with E-state index in [4.69, 9.17) is 32.5 Å². The van der Waals surface area contributed by atoms with Gasteiger partial charge in [-0.1, -0.05) is 34.4 Å². The van der Waals surface area contributed by atoms with Crippen LogP contribution in [0.4, 0.5) is 5.69 Å². The molecule has 0 atom stereocenters. The van der Waals surface area contributed by atoms with Gasteiger partial charge >= 0.3 is 0 Å². The lowest BCUT2D eigenvalue weighted by Gasteiger charge is -2.07. The van der Waals surface area contributed by atoms with Gasteiger partial charge in [0.1, 0.15) is 12.3 Å². The van der Waals surface area contributed by atoms with E-state index >= 15 is 0 Å². The van der Waals surface area contributed by atoms with Crippen molar-refractivity contribution < 1.29 is 14.1 Å². The van der Waals surface area contributed by atoms with E-state index in [1.54, 1.807) is 35.6 Å². The molecule has 0 aliphatic heterocycles. The standard InChI is InChI=1S/C16H12Cl2N2O3S/c17-10-3-4-12(18)13(6-10)19-16(21)9-22-8-11-7-14(23-20-11)15-2-1-5-24-15/h1-7H,8-9H2,(H,19,21). The first-order valence-corrected chi connectivity index (χ1v) is 8.57. The Bertz CT molecular complexity index is 834. The largest absolute Gasteiger partial charge is 0.365 e. The second-order valence-corrected chi connectivity index (χ2v) is 6.62. The highest BCUT2D eigenvalue weighted by atomic mass is 35.5. The van der Waals surface area contributed by atoms with Crippen molar-refractivity contribution in [1.29, 1.82) is 0 Å². The van der Waals surface area contributed by atoms with Crippen LogP contribution >= 0.6 is 34.5 Å². The van der Waals surface area contributed by atoms with Crippen LogP contribution in [0, 0.1) is 0 Å². The summed E-state index contributed by atoms with van der Waals surface area (Å²) in [6.45, 7) is 0.0373. The van der Waals surface area contributed by atoms with Crippen LogP contribution < -0.4 is 5.32 Å². The van der Waals surface area contributed by atoms with Crippen molar-refractivity contribution in [3.05, 3.63) is 57.5 Å². The highest BCUT2D eigenvalue weighted by Crippen LogP contribution is 2.26. The normalized spacial score (nSPS) is 10.8. The molecule has 3 rings (SSSR count). The van der Waals surface area contributed by atoms with Crippen molar-refractivity contribution in [2.45, 2.75) is 6.61 Å². The topological polar surface area (TPSA) is 64.4 Å². The summed E-state index contributed by atoms with van der Waals surface area (Å²) in [5.41, 5.74) is 1.06. The Morgan fingerprint density at radius 3 is 2.96 bits per heavy atom. The summed E-state index contributed by atoms with van der Waals surface area (Å²) in [6, 6.07) is 10.5. The van der Waals surface area contributed by atoms with Gasteiger partial charge in [-0.3, -0.25) is 4.79 Å². The molecule has 0 spiro atoms. The number of ether oxygens (including phenoxy) is 1. The molecule has 1 aromatic carbocycles. The maximum Gasteiger partial charge on any atom is 0.250 e. The summed E-state index contributed by atoms with van der Waals surface area (Å²) >= 11 is 13.4. The number of carbonyl (C=O) groups excluding carboxylic acids is 1. The summed E-state index contributed by atoms with van der Waals surface area (Å²) < 4.78 is 10.6. The van der Waals surface area contributed by atoms with Gasteiger partial charge in [0.05, 0.1) is 22.2 Å². The number of hydrogen-bond acceptors (Lipinski definition) is 5. The zero-order chi connectivity index (χ0) is 16.9. The molecule has 0 bridgehead atoms. The summed E-state index contributed by atoms with van der Waals surface area (Å²) in [6.07, 6.45) is 0. The van der Waals surface area contributed by atoms with Crippen molar-refractivity contribution in [3.63, 3.8) is 0 Å². The number of aromatic nitrogens is 1. The lowest BCUT2D eigenvalue weighted by molar-refractivity contribution is -0.121. The molecule has 124 valence electrons. The highest BCUT2D eigenvalue weighted by molar-refractivity contribution is 7.13. The maximum atomic E-state index is 11.9. The molecule has 0 radical (unpaired) electrons. The zero-order valence-corrected chi connectivity index (χ0v) is 14.6. The van der Waals surface area contributed by atoms with Gasteiger partial charge in [0.25, 0.3) is 0 Å². The fourth-order valence-corrected chi connectivity index (χ4v) is 2.95. The molecule has 0 saturated heterocycles. The predicted octanol–water partition coefficient (Wildman–Crippen LogP) is 4.87. The van der Waals surface area contributed by atoms with Gasteiger partial charge in [-0.2, -0.15) is 0 Å². The summed E-state index contributed by atoms with van der Waals surface area (Å²) in [5.74, 6) is 0.347. The van der Waals surface area contributed by atoms with E-state index in [-0.39, 0.29) is 19.1 Å². The second kappa shape index (κ2) is 7.81. The van der Waals surface area contributed by atoms with Crippen molar-refractivity contribution >= 4 is 46.1 Å². The molecule has 0 aliphatic carbocycles. The average Bonchev–Trinajstić information content (AvgIpc) is 3.22. The minimum atomic E-state index is -0.332. The third-order valence-corrected chi connectivity index (χ3v) is 4.46. The molecule has 5 nitrogen and oxygen atoms in total. The fourth-order valence-electron chi connectivity index (χ4n) is 1.94. The number of amides is 1. The molecule has 24 heavy (non-hydrogen) atoms. The van der Waals surface area contributed by atoms with Gasteiger partial charge < -0.3 is 14.6 Å². The number of nitrogens with one attached hydrogen (secondary N) is 1. The Morgan fingerprint density at radius 2 is 2.17 bits per heavy atom. The Hall–Kier alpha value is -1.86. The van der Waals surface area contributed by atoms with Crippen molar-refractivity contribution in [2.24, 2.45) is 0 Å². The van der Waals surface area contributed by atoms with Gasteiger partial charge in [-0.25, -0.2) is 0 Å². The quantitative estimate of drug-likeness (QED) is 0.660. The lowest BCUT2D eigenvalue weighted by Crippen LogP contribution is -2.18. The molecular weight excluding hydrogens is 371 g/mol. The Labute approximate surface area is 152 Å². The molecule has 3 aromatic rings. The second-order valence-electron chi connectivity index (χ2n) is 4.82. The maximum absolute atomic E-state index is 11.9. The van der Waals surface area contributed by atoms with Gasteiger partial charge in [0, 0.05) is 11.1 Å². The van der Waals surface area contributed by atoms with Crippen molar-refractivity contribution in [3.8, 4) is 10.6 Å². The average molecular weight is 383 g/mol. The third-order valence-electron chi connectivity index (χ3n) is 3.01. The molecule has 1 amide bonds. The molecule has 2 heterocycles. The van der Waals surface area contributed by atoms with Gasteiger partial charge in [-0.15, -0.1) is 11.3 Å². The number of halogens is 2. The summed E-state index contributed by atoms with van der Waals surface area (Å²) in [4.78, 5) is 12.9. The van der Waals surface area contributed by atoms with Crippen LogP contribution in [0.5, 0.6) is 0 Å². The SMILES string of the molecule is O=C(COCc1cc(-c2cccs2)on1)Nc1cc(Cl)ccc1Cl. The number of nitrogens with zero attached hydrogens (tertiary/aromatic N) is 1. The molecule has 0 unspecified atom stereocenters. The number of anilines is 1. The smallest absolute Gasteiger partial charge is 0.250 e. The summed E-state index contributed by atoms with van der Waals surface area (Å²) in [5, 5.41) is 9.41. The molecule has 8 heteroatoms. The minimum absolute atomic E-state index is 0.135. The van der Waals surface area contributed by atoms with Crippen LogP contribution in [0.15, 0.2) is 46.3 Å². The fraction of sp³-hybridized carbons (Fsp3) is 0.125. The third kappa shape index (κ3) is 4.36. The van der Waals surface area contributed by atoms with E-state index in [2.05, 4.69) is 10.5 Å². The summed E-state index contributed by atoms with van der Waals surface area (Å²) in [7, 11) is 0. The Morgan fingerprint density at radius 1 is 1.29 bits per heavy atom. The van der Waals surface area contributed by atoms with Crippen LogP contribution in [0.1, 0.15) is 5.69 Å². The van der Waals surface area contributed by atoms with E-state index in [9.17, 15) is 4.79 Å². The van der Waals surface area contributed by atoms with Gasteiger partial charge in [-0.05, 0) is 29.6 Å². The molecule has 0 fully saturated rings. The number of benzene rings is 1. The first kappa shape index (κ1) is 17.0. The molecule has 0 aliphatic rings. The molecule has 0 saturated carbocycles. The monoisotopic (exact) mass is 382 g/mol. The van der Waals surface area contributed by atoms with Crippen LogP contribution in [-0.4, -0.2) is 17.7 Å². The van der Waals surface area contributed by atoms with Crippen LogP contribution in [-0.2, 0) is 16.1 Å². The predicted molar refractivity (Wildman–Crippen MR) is 94.6 cm³/mol. The van der Waals surface area contributed by atoms with E-state index < -0.39 is 0 Å². The van der Waals surface area contributed by atoms with Crippen molar-refractivity contribution in [2.75, 3.05) is 11.9 Å². The van der Waals surface area contributed by atoms with Crippen LogP contribution in [0.2, 0.25) is 10.0 Å². The Balaban J connectivity index is 1.49. The van der Waals surface area contributed by atoms with E-state index in [1.807, 2.05) is 17.5 Å². The van der Waals surface area contributed by atoms with Gasteiger partial charge in [0.2, 0.25) is 5.91 Å². The molecule has 1 N–H and O–H groups in total. The lowest BCUT2D eigenvalue weighted by atomic mass is 10.3. The van der Waals surface area contributed by atoms with Crippen molar-refractivity contribution in [1.82, 2.24) is 5.16 Å². The van der Waals surface area contributed by atoms with E-state index in [0.717, 1.165) is 4.88 Å². The van der Waals surface area contributed by atoms with E-state index in [0.29, 0.717) is 27.2 Å². The first-order valence-electron chi connectivity index (χ1n) is 6.94. The number of carbonyl (C=O) groups is 1. The zero-order valence-electron chi connectivity index (χ0n) is 12.3. The minimum Gasteiger partial charge on any atom is -0.365 e. The molecule has 2 aromatic heterocycles. The van der Waals surface area contributed by atoms with E-state index in [1.165, 1.54) is 0 Å². The van der Waals surface area contributed by atoms with Gasteiger partial charge in [0.15, 0.2) is 5.76 Å². The highest BCUT2D eigenvalue weighted by Gasteiger charge is 2.10. The number of thiophene rings is 1. The number of rotatable bonds is 6. The van der Waals surface area contributed by atoms with Crippen LogP contribution in [0.25, 0.3) is 10.6 Å². The Kier molecular flexibility index (Phi) is 5.52. The number of hydrogen-bond donors (Lipinski definition) is 1. The first-order chi connectivity index (χ1) is 11.6.